The lowest BCUT2D eigenvalue weighted by Crippen LogP contribution is -2.26. The highest BCUT2D eigenvalue weighted by Crippen LogP contribution is 2.11. The Hall–Kier alpha value is -2.00. The minimum atomic E-state index is -0.540. The molecular formula is C16H19NO2. The van der Waals surface area contributed by atoms with Gasteiger partial charge in [0.1, 0.15) is 18.5 Å². The number of rotatable bonds is 6. The molecule has 1 atom stereocenters. The summed E-state index contributed by atoms with van der Waals surface area (Å²) in [5, 5.41) is 13.0. The molecule has 0 aliphatic carbocycles. The van der Waals surface area contributed by atoms with Crippen molar-refractivity contribution in [3.63, 3.8) is 0 Å². The molecule has 0 unspecified atom stereocenters. The van der Waals surface area contributed by atoms with Crippen molar-refractivity contribution in [2.75, 3.05) is 18.5 Å². The molecule has 2 N–H and O–H groups in total. The van der Waals surface area contributed by atoms with Crippen LogP contribution >= 0.6 is 0 Å². The van der Waals surface area contributed by atoms with Crippen LogP contribution in [0, 0.1) is 6.92 Å². The fourth-order valence-corrected chi connectivity index (χ4v) is 1.68. The van der Waals surface area contributed by atoms with E-state index in [2.05, 4.69) is 5.32 Å². The van der Waals surface area contributed by atoms with Crippen LogP contribution in [0.1, 0.15) is 5.56 Å². The van der Waals surface area contributed by atoms with Crippen molar-refractivity contribution in [1.29, 1.82) is 0 Å². The van der Waals surface area contributed by atoms with Gasteiger partial charge in [0, 0.05) is 12.2 Å². The summed E-state index contributed by atoms with van der Waals surface area (Å²) in [6.45, 7) is 2.78. The van der Waals surface area contributed by atoms with Gasteiger partial charge in [0.05, 0.1) is 0 Å². The van der Waals surface area contributed by atoms with E-state index in [1.807, 2.05) is 61.5 Å². The molecule has 0 bridgehead atoms. The Morgan fingerprint density at radius 3 is 2.42 bits per heavy atom. The number of aryl methyl sites for hydroxylation is 1. The van der Waals surface area contributed by atoms with Gasteiger partial charge < -0.3 is 15.2 Å². The van der Waals surface area contributed by atoms with E-state index in [0.717, 1.165) is 11.4 Å². The Labute approximate surface area is 113 Å². The maximum atomic E-state index is 9.84. The van der Waals surface area contributed by atoms with E-state index in [4.69, 9.17) is 4.74 Å². The number of nitrogens with one attached hydrogen (secondary N) is 1. The summed E-state index contributed by atoms with van der Waals surface area (Å²) in [6.07, 6.45) is -0.540. The third kappa shape index (κ3) is 4.64. The maximum absolute atomic E-state index is 9.84. The van der Waals surface area contributed by atoms with Gasteiger partial charge >= 0.3 is 0 Å². The Bertz CT molecular complexity index is 482. The Balaban J connectivity index is 1.72. The van der Waals surface area contributed by atoms with Crippen molar-refractivity contribution in [2.45, 2.75) is 13.0 Å². The Kier molecular flexibility index (Phi) is 4.81. The Morgan fingerprint density at radius 2 is 1.74 bits per heavy atom. The van der Waals surface area contributed by atoms with Gasteiger partial charge in [-0.2, -0.15) is 0 Å². The van der Waals surface area contributed by atoms with Crippen LogP contribution in [-0.2, 0) is 0 Å². The van der Waals surface area contributed by atoms with E-state index >= 15 is 0 Å². The molecule has 3 nitrogen and oxygen atoms in total. The van der Waals surface area contributed by atoms with Crippen LogP contribution < -0.4 is 10.1 Å². The second-order valence-electron chi connectivity index (χ2n) is 4.52. The van der Waals surface area contributed by atoms with Gasteiger partial charge in [-0.3, -0.25) is 0 Å². The van der Waals surface area contributed by atoms with Crippen LogP contribution in [-0.4, -0.2) is 24.4 Å². The van der Waals surface area contributed by atoms with Crippen molar-refractivity contribution in [1.82, 2.24) is 0 Å². The lowest BCUT2D eigenvalue weighted by molar-refractivity contribution is 0.117. The van der Waals surface area contributed by atoms with Crippen molar-refractivity contribution >= 4 is 5.69 Å². The molecule has 2 rings (SSSR count). The molecule has 0 spiro atoms. The number of para-hydroxylation sites is 1. The lowest BCUT2D eigenvalue weighted by atomic mass is 10.2. The zero-order valence-electron chi connectivity index (χ0n) is 11.0. The largest absolute Gasteiger partial charge is 0.491 e. The Morgan fingerprint density at radius 1 is 1.05 bits per heavy atom. The number of aliphatic hydroxyl groups is 1. The van der Waals surface area contributed by atoms with Crippen molar-refractivity contribution in [2.24, 2.45) is 0 Å². The highest BCUT2D eigenvalue weighted by molar-refractivity contribution is 5.42. The molecular weight excluding hydrogens is 238 g/mol. The summed E-state index contributed by atoms with van der Waals surface area (Å²) in [7, 11) is 0. The maximum Gasteiger partial charge on any atom is 0.119 e. The smallest absolute Gasteiger partial charge is 0.119 e. The molecule has 0 radical (unpaired) electrons. The molecule has 0 saturated carbocycles. The molecule has 0 amide bonds. The predicted octanol–water partition coefficient (Wildman–Crippen LogP) is 2.85. The quantitative estimate of drug-likeness (QED) is 0.836. The number of anilines is 1. The highest BCUT2D eigenvalue weighted by Gasteiger charge is 2.05. The SMILES string of the molecule is Cc1ccc(OC[C@H](O)CNc2ccccc2)cc1. The van der Waals surface area contributed by atoms with Gasteiger partial charge in [0.25, 0.3) is 0 Å². The molecule has 100 valence electrons. The average molecular weight is 257 g/mol. The van der Waals surface area contributed by atoms with E-state index < -0.39 is 6.10 Å². The van der Waals surface area contributed by atoms with Crippen LogP contribution in [0.15, 0.2) is 54.6 Å². The molecule has 19 heavy (non-hydrogen) atoms. The molecule has 0 fully saturated rings. The molecule has 2 aromatic rings. The molecule has 3 heteroatoms. The second kappa shape index (κ2) is 6.81. The number of hydrogen-bond donors (Lipinski definition) is 2. The fourth-order valence-electron chi connectivity index (χ4n) is 1.68. The van der Waals surface area contributed by atoms with Gasteiger partial charge in [0.2, 0.25) is 0 Å². The molecule has 0 aromatic heterocycles. The van der Waals surface area contributed by atoms with Crippen LogP contribution in [0.5, 0.6) is 5.75 Å². The normalized spacial score (nSPS) is 11.9. The lowest BCUT2D eigenvalue weighted by Gasteiger charge is -2.14. The average Bonchev–Trinajstić information content (AvgIpc) is 2.45. The summed E-state index contributed by atoms with van der Waals surface area (Å²) in [5.41, 5.74) is 2.19. The number of aliphatic hydroxyl groups excluding tert-OH is 1. The summed E-state index contributed by atoms with van der Waals surface area (Å²) in [5.74, 6) is 0.782. The van der Waals surface area contributed by atoms with Crippen molar-refractivity contribution in [3.05, 3.63) is 60.2 Å². The van der Waals surface area contributed by atoms with E-state index in [-0.39, 0.29) is 6.61 Å². The monoisotopic (exact) mass is 257 g/mol. The first-order chi connectivity index (χ1) is 9.24. The first-order valence-corrected chi connectivity index (χ1v) is 6.40. The van der Waals surface area contributed by atoms with Gasteiger partial charge in [-0.05, 0) is 31.2 Å². The third-order valence-corrected chi connectivity index (χ3v) is 2.78. The molecule has 0 aliphatic heterocycles. The van der Waals surface area contributed by atoms with Gasteiger partial charge in [-0.1, -0.05) is 35.9 Å². The van der Waals surface area contributed by atoms with Gasteiger partial charge in [0.15, 0.2) is 0 Å². The molecule has 0 saturated heterocycles. The van der Waals surface area contributed by atoms with E-state index in [9.17, 15) is 5.11 Å². The first kappa shape index (κ1) is 13.4. The third-order valence-electron chi connectivity index (χ3n) is 2.78. The summed E-state index contributed by atoms with van der Waals surface area (Å²) < 4.78 is 5.52. The van der Waals surface area contributed by atoms with Crippen molar-refractivity contribution in [3.8, 4) is 5.75 Å². The molecule has 0 heterocycles. The summed E-state index contributed by atoms with van der Waals surface area (Å²) in [6, 6.07) is 17.6. The van der Waals surface area contributed by atoms with Crippen LogP contribution in [0.4, 0.5) is 5.69 Å². The summed E-state index contributed by atoms with van der Waals surface area (Å²) >= 11 is 0. The van der Waals surface area contributed by atoms with Crippen LogP contribution in [0.25, 0.3) is 0 Å². The number of ether oxygens (including phenoxy) is 1. The topological polar surface area (TPSA) is 41.5 Å². The van der Waals surface area contributed by atoms with E-state index in [0.29, 0.717) is 6.54 Å². The second-order valence-corrected chi connectivity index (χ2v) is 4.52. The predicted molar refractivity (Wildman–Crippen MR) is 77.6 cm³/mol. The van der Waals surface area contributed by atoms with Crippen LogP contribution in [0.2, 0.25) is 0 Å². The zero-order chi connectivity index (χ0) is 13.5. The minimum absolute atomic E-state index is 0.281. The minimum Gasteiger partial charge on any atom is -0.491 e. The number of hydrogen-bond acceptors (Lipinski definition) is 3. The summed E-state index contributed by atoms with van der Waals surface area (Å²) in [4.78, 5) is 0. The van der Waals surface area contributed by atoms with Crippen LogP contribution in [0.3, 0.4) is 0 Å². The standard InChI is InChI=1S/C16H19NO2/c1-13-7-9-16(10-8-13)19-12-15(18)11-17-14-5-3-2-4-6-14/h2-10,15,17-18H,11-12H2,1H3/t15-/m1/s1. The first-order valence-electron chi connectivity index (χ1n) is 6.40. The van der Waals surface area contributed by atoms with Gasteiger partial charge in [-0.25, -0.2) is 0 Å². The van der Waals surface area contributed by atoms with E-state index in [1.54, 1.807) is 0 Å². The highest BCUT2D eigenvalue weighted by atomic mass is 16.5. The van der Waals surface area contributed by atoms with Crippen molar-refractivity contribution < 1.29 is 9.84 Å². The number of benzene rings is 2. The molecule has 0 aliphatic rings. The fraction of sp³-hybridized carbons (Fsp3) is 0.250. The van der Waals surface area contributed by atoms with E-state index in [1.165, 1.54) is 5.56 Å². The zero-order valence-corrected chi connectivity index (χ0v) is 11.0. The molecule has 2 aromatic carbocycles. The van der Waals surface area contributed by atoms with Gasteiger partial charge in [-0.15, -0.1) is 0 Å².